The lowest BCUT2D eigenvalue weighted by atomic mass is 9.92. The number of hydrogen-bond acceptors (Lipinski definition) is 2. The van der Waals surface area contributed by atoms with Gasteiger partial charge in [0.25, 0.3) is 0 Å². The minimum Gasteiger partial charge on any atom is -0.316 e. The Morgan fingerprint density at radius 3 is 1.25 bits per heavy atom. The second kappa shape index (κ2) is 5.91. The maximum absolute atomic E-state index is 13.6. The molecule has 0 aromatic carbocycles. The quantitative estimate of drug-likeness (QED) is 0.412. The monoisotopic (exact) mass is 459 g/mol. The molecule has 1 fully saturated rings. The van der Waals surface area contributed by atoms with Gasteiger partial charge in [0, 0.05) is 0 Å². The number of hydrogen-bond donors (Lipinski definition) is 0. The van der Waals surface area contributed by atoms with Gasteiger partial charge in [0.05, 0.1) is 6.61 Å². The molecule has 1 rings (SSSR count). The van der Waals surface area contributed by atoms with Crippen LogP contribution < -0.4 is 0 Å². The molecule has 0 atom stereocenters. The second-order valence-corrected chi connectivity index (χ2v) is 5.21. The zero-order valence-corrected chi connectivity index (χ0v) is 12.6. The third-order valence-corrected chi connectivity index (χ3v) is 3.46. The van der Waals surface area contributed by atoms with Crippen molar-refractivity contribution < 1.29 is 75.0 Å². The van der Waals surface area contributed by atoms with Gasteiger partial charge in [-0.2, -0.15) is 70.2 Å². The third-order valence-electron chi connectivity index (χ3n) is 3.46. The molecule has 1 saturated heterocycles. The predicted octanol–water partition coefficient (Wildman–Crippen LogP) is 5.25. The largest absolute Gasteiger partial charge is 0.427 e. The lowest BCUT2D eigenvalue weighted by Gasteiger charge is -2.53. The number of nitrogens with zero attached hydrogens (tertiary/aromatic N) is 1. The molecule has 168 valence electrons. The van der Waals surface area contributed by atoms with Gasteiger partial charge >= 0.3 is 47.9 Å². The SMILES string of the molecule is CCOC(F)(F)C(F)(F)C(F)(F)N1C(F)(F)C(F)(F)C(F)(F)C(F)(F)C1(F)F. The van der Waals surface area contributed by atoms with Gasteiger partial charge in [-0.1, -0.05) is 0 Å². The number of piperidine rings is 1. The first kappa shape index (κ1) is 24.8. The topological polar surface area (TPSA) is 12.5 Å². The summed E-state index contributed by atoms with van der Waals surface area (Å²) in [4.78, 5) is -4.35. The Bertz CT molecular complexity index is 583. The van der Waals surface area contributed by atoms with Crippen LogP contribution in [0.1, 0.15) is 6.92 Å². The molecule has 1 heterocycles. The standard InChI is InChI=1S/C10H5F16NO/c1-2-28-10(25,26)6(17,18)9(23,24)27-7(19,20)4(13,14)3(11,12)5(15,16)8(27,21)22/h2H2,1H3. The molecule has 0 aliphatic carbocycles. The van der Waals surface area contributed by atoms with E-state index in [-0.39, 0.29) is 0 Å². The number of alkyl halides is 16. The lowest BCUT2D eigenvalue weighted by molar-refractivity contribution is -0.557. The molecule has 1 aliphatic rings. The highest BCUT2D eigenvalue weighted by Crippen LogP contribution is 2.68. The van der Waals surface area contributed by atoms with Gasteiger partial charge in [0.2, 0.25) is 0 Å². The molecule has 18 heteroatoms. The Labute approximate surface area is 143 Å². The first-order valence-corrected chi connectivity index (χ1v) is 6.39. The molecule has 1 aliphatic heterocycles. The van der Waals surface area contributed by atoms with Crippen LogP contribution in [0, 0.1) is 0 Å². The molecule has 0 radical (unpaired) electrons. The normalized spacial score (nSPS) is 26.9. The molecule has 0 spiro atoms. The molecule has 0 saturated carbocycles. The fourth-order valence-electron chi connectivity index (χ4n) is 1.97. The van der Waals surface area contributed by atoms with Gasteiger partial charge in [-0.15, -0.1) is 4.90 Å². The van der Waals surface area contributed by atoms with Crippen LogP contribution in [-0.2, 0) is 4.74 Å². The highest BCUT2D eigenvalue weighted by atomic mass is 19.4. The first-order valence-electron chi connectivity index (χ1n) is 6.39. The van der Waals surface area contributed by atoms with E-state index in [1.165, 1.54) is 0 Å². The Hall–Kier alpha value is -1.20. The van der Waals surface area contributed by atoms with E-state index in [0.717, 1.165) is 0 Å². The van der Waals surface area contributed by atoms with E-state index in [2.05, 4.69) is 4.74 Å². The molecule has 2 nitrogen and oxygen atoms in total. The highest BCUT2D eigenvalue weighted by Gasteiger charge is 2.99. The van der Waals surface area contributed by atoms with Gasteiger partial charge in [0.1, 0.15) is 0 Å². The molecule has 28 heavy (non-hydrogen) atoms. The van der Waals surface area contributed by atoms with E-state index in [4.69, 9.17) is 0 Å². The van der Waals surface area contributed by atoms with Crippen molar-refractivity contribution in [2.45, 2.75) is 54.9 Å². The van der Waals surface area contributed by atoms with Crippen molar-refractivity contribution in [2.24, 2.45) is 0 Å². The zero-order valence-electron chi connectivity index (χ0n) is 12.6. The van der Waals surface area contributed by atoms with Crippen LogP contribution >= 0.6 is 0 Å². The molecule has 0 unspecified atom stereocenters. The van der Waals surface area contributed by atoms with Gasteiger partial charge in [0.15, 0.2) is 0 Å². The van der Waals surface area contributed by atoms with E-state index < -0.39 is 59.4 Å². The lowest BCUT2D eigenvalue weighted by Crippen LogP contribution is -2.86. The Kier molecular flexibility index (Phi) is 5.25. The second-order valence-electron chi connectivity index (χ2n) is 5.21. The minimum atomic E-state index is -7.97. The smallest absolute Gasteiger partial charge is 0.316 e. The third kappa shape index (κ3) is 2.51. The van der Waals surface area contributed by atoms with Crippen LogP contribution in [0.5, 0.6) is 0 Å². The summed E-state index contributed by atoms with van der Waals surface area (Å²) in [6, 6.07) is -23.7. The molecular formula is C10H5F16NO. The van der Waals surface area contributed by atoms with Crippen LogP contribution in [0.2, 0.25) is 0 Å². The fraction of sp³-hybridized carbons (Fsp3) is 1.00. The van der Waals surface area contributed by atoms with Crippen molar-refractivity contribution in [3.05, 3.63) is 0 Å². The van der Waals surface area contributed by atoms with Crippen molar-refractivity contribution in [1.82, 2.24) is 4.90 Å². The highest BCUT2D eigenvalue weighted by molar-refractivity contribution is 5.17. The molecule has 0 amide bonds. The summed E-state index contributed by atoms with van der Waals surface area (Å²) in [5.41, 5.74) is 0. The van der Waals surface area contributed by atoms with Crippen LogP contribution in [-0.4, -0.2) is 59.4 Å². The average molecular weight is 459 g/mol. The summed E-state index contributed by atoms with van der Waals surface area (Å²) >= 11 is 0. The maximum atomic E-state index is 13.6. The predicted molar refractivity (Wildman–Crippen MR) is 53.0 cm³/mol. The van der Waals surface area contributed by atoms with E-state index in [9.17, 15) is 70.2 Å². The summed E-state index contributed by atoms with van der Waals surface area (Å²) in [6.45, 7) is -1.20. The fourth-order valence-corrected chi connectivity index (χ4v) is 1.97. The summed E-state index contributed by atoms with van der Waals surface area (Å²) in [5.74, 6) is -31.1. The van der Waals surface area contributed by atoms with Gasteiger partial charge < -0.3 is 4.74 Å². The Morgan fingerprint density at radius 1 is 0.643 bits per heavy atom. The van der Waals surface area contributed by atoms with Crippen molar-refractivity contribution in [1.29, 1.82) is 0 Å². The van der Waals surface area contributed by atoms with Crippen LogP contribution in [0.3, 0.4) is 0 Å². The molecule has 0 aromatic rings. The van der Waals surface area contributed by atoms with Gasteiger partial charge in [-0.3, -0.25) is 0 Å². The molecule has 0 N–H and O–H groups in total. The summed E-state index contributed by atoms with van der Waals surface area (Å²) < 4.78 is 214. The summed E-state index contributed by atoms with van der Waals surface area (Å²) in [5, 5.41) is 0. The van der Waals surface area contributed by atoms with Crippen molar-refractivity contribution in [2.75, 3.05) is 6.61 Å². The van der Waals surface area contributed by atoms with Crippen LogP contribution in [0.25, 0.3) is 0 Å². The van der Waals surface area contributed by atoms with Crippen molar-refractivity contribution in [3.8, 4) is 0 Å². The number of likely N-dealkylation sites (tertiary alicyclic amines) is 1. The van der Waals surface area contributed by atoms with Crippen molar-refractivity contribution in [3.63, 3.8) is 0 Å². The average Bonchev–Trinajstić information content (AvgIpc) is 2.43. The van der Waals surface area contributed by atoms with Gasteiger partial charge in [-0.25, -0.2) is 0 Å². The summed E-state index contributed by atoms with van der Waals surface area (Å²) in [6.07, 6.45) is -6.66. The molecule has 0 bridgehead atoms. The molecular weight excluding hydrogens is 454 g/mol. The van der Waals surface area contributed by atoms with E-state index in [1.54, 1.807) is 0 Å². The van der Waals surface area contributed by atoms with E-state index in [1.807, 2.05) is 0 Å². The molecule has 0 aromatic heterocycles. The Morgan fingerprint density at radius 2 is 0.964 bits per heavy atom. The number of rotatable bonds is 5. The van der Waals surface area contributed by atoms with Crippen LogP contribution in [0.4, 0.5) is 70.2 Å². The first-order chi connectivity index (χ1) is 11.9. The van der Waals surface area contributed by atoms with Crippen molar-refractivity contribution >= 4 is 0 Å². The maximum Gasteiger partial charge on any atom is 0.427 e. The van der Waals surface area contributed by atoms with E-state index >= 15 is 0 Å². The summed E-state index contributed by atoms with van der Waals surface area (Å²) in [7, 11) is 0. The van der Waals surface area contributed by atoms with E-state index in [0.29, 0.717) is 6.92 Å². The van der Waals surface area contributed by atoms with Crippen LogP contribution in [0.15, 0.2) is 0 Å². The van der Waals surface area contributed by atoms with Gasteiger partial charge in [-0.05, 0) is 6.92 Å². The minimum absolute atomic E-state index is 0.412. The number of ether oxygens (including phenoxy) is 1. The Balaban J connectivity index is 3.87. The zero-order chi connectivity index (χ0) is 23.0. The number of halogens is 16.